The molecule has 1 heterocycles. The summed E-state index contributed by atoms with van der Waals surface area (Å²) in [7, 11) is 0. The van der Waals surface area contributed by atoms with Crippen molar-refractivity contribution in [3.8, 4) is 0 Å². The standard InChI is InChI=1S/C15H22F3N3O4/c1-14(2,3)25-13(24)20-5-4-10(22)11(23)8-6-9(15(16,17)18)12(19)21-7-8/h6-7,10-11,22-23H,4-5H2,1-3H3,(H2,19,21)(H,20,24). The third-order valence-corrected chi connectivity index (χ3v) is 3.06. The lowest BCUT2D eigenvalue weighted by Crippen LogP contribution is -2.34. The number of carbonyl (C=O) groups excluding carboxylic acids is 1. The number of rotatable bonds is 5. The lowest BCUT2D eigenvalue weighted by Gasteiger charge is -2.21. The van der Waals surface area contributed by atoms with Gasteiger partial charge in [0, 0.05) is 18.3 Å². The number of amides is 1. The van der Waals surface area contributed by atoms with E-state index in [1.807, 2.05) is 0 Å². The number of hydrogen-bond donors (Lipinski definition) is 4. The van der Waals surface area contributed by atoms with Crippen LogP contribution in [-0.2, 0) is 10.9 Å². The number of alkyl halides is 3. The van der Waals surface area contributed by atoms with Crippen molar-refractivity contribution in [1.82, 2.24) is 10.3 Å². The molecule has 2 atom stereocenters. The maximum absolute atomic E-state index is 12.8. The molecule has 0 saturated carbocycles. The summed E-state index contributed by atoms with van der Waals surface area (Å²) < 4.78 is 43.4. The second-order valence-electron chi connectivity index (χ2n) is 6.43. The van der Waals surface area contributed by atoms with Crippen LogP contribution in [0.3, 0.4) is 0 Å². The van der Waals surface area contributed by atoms with Gasteiger partial charge >= 0.3 is 12.3 Å². The zero-order chi connectivity index (χ0) is 19.4. The summed E-state index contributed by atoms with van der Waals surface area (Å²) in [5.74, 6) is -0.718. The molecule has 10 heteroatoms. The first-order chi connectivity index (χ1) is 11.3. The van der Waals surface area contributed by atoms with E-state index in [-0.39, 0.29) is 18.5 Å². The number of aromatic nitrogens is 1. The fourth-order valence-electron chi connectivity index (χ4n) is 1.90. The number of nitrogens with two attached hydrogens (primary N) is 1. The number of nitrogens with zero attached hydrogens (tertiary/aromatic N) is 1. The zero-order valence-corrected chi connectivity index (χ0v) is 14.1. The van der Waals surface area contributed by atoms with E-state index in [9.17, 15) is 28.2 Å². The van der Waals surface area contributed by atoms with E-state index in [0.717, 1.165) is 6.20 Å². The molecule has 0 aliphatic heterocycles. The third-order valence-electron chi connectivity index (χ3n) is 3.06. The Labute approximate surface area is 143 Å². The second kappa shape index (κ2) is 7.87. The molecular formula is C15H22F3N3O4. The highest BCUT2D eigenvalue weighted by atomic mass is 19.4. The summed E-state index contributed by atoms with van der Waals surface area (Å²) >= 11 is 0. The van der Waals surface area contributed by atoms with E-state index in [0.29, 0.717) is 6.07 Å². The van der Waals surface area contributed by atoms with E-state index in [1.165, 1.54) is 0 Å². The fraction of sp³-hybridized carbons (Fsp3) is 0.600. The Hall–Kier alpha value is -2.07. The number of hydrogen-bond acceptors (Lipinski definition) is 6. The Morgan fingerprint density at radius 3 is 2.48 bits per heavy atom. The largest absolute Gasteiger partial charge is 0.444 e. The number of nitrogen functional groups attached to an aromatic ring is 1. The molecule has 7 nitrogen and oxygen atoms in total. The lowest BCUT2D eigenvalue weighted by molar-refractivity contribution is -0.137. The van der Waals surface area contributed by atoms with Gasteiger partial charge in [-0.3, -0.25) is 0 Å². The Morgan fingerprint density at radius 1 is 1.36 bits per heavy atom. The summed E-state index contributed by atoms with van der Waals surface area (Å²) in [6.07, 6.45) is -7.61. The Kier molecular flexibility index (Phi) is 6.61. The number of anilines is 1. The van der Waals surface area contributed by atoms with Gasteiger partial charge in [-0.1, -0.05) is 0 Å². The number of ether oxygens (including phenoxy) is 1. The van der Waals surface area contributed by atoms with Crippen LogP contribution in [0, 0.1) is 0 Å². The molecule has 0 saturated heterocycles. The van der Waals surface area contributed by atoms with Crippen molar-refractivity contribution in [3.63, 3.8) is 0 Å². The minimum Gasteiger partial charge on any atom is -0.444 e. The first-order valence-electron chi connectivity index (χ1n) is 7.47. The monoisotopic (exact) mass is 365 g/mol. The first kappa shape index (κ1) is 21.0. The Morgan fingerprint density at radius 2 is 1.96 bits per heavy atom. The van der Waals surface area contributed by atoms with Crippen molar-refractivity contribution in [2.45, 2.75) is 51.2 Å². The molecule has 1 aromatic heterocycles. The Balaban J connectivity index is 2.65. The minimum atomic E-state index is -4.73. The SMILES string of the molecule is CC(C)(C)OC(=O)NCCC(O)C(O)c1cnc(N)c(C(F)(F)F)c1. The number of aliphatic hydroxyl groups is 2. The molecule has 1 amide bonds. The summed E-state index contributed by atoms with van der Waals surface area (Å²) in [5.41, 5.74) is 3.07. The predicted octanol–water partition coefficient (Wildman–Crippen LogP) is 1.99. The van der Waals surface area contributed by atoms with Crippen molar-refractivity contribution < 1.29 is 32.9 Å². The van der Waals surface area contributed by atoms with Crippen LogP contribution in [0.15, 0.2) is 12.3 Å². The van der Waals surface area contributed by atoms with Crippen LogP contribution in [0.1, 0.15) is 44.4 Å². The maximum Gasteiger partial charge on any atom is 0.419 e. The van der Waals surface area contributed by atoms with Crippen molar-refractivity contribution in [2.24, 2.45) is 0 Å². The highest BCUT2D eigenvalue weighted by Crippen LogP contribution is 2.34. The first-order valence-corrected chi connectivity index (χ1v) is 7.47. The highest BCUT2D eigenvalue weighted by molar-refractivity contribution is 5.67. The second-order valence-corrected chi connectivity index (χ2v) is 6.43. The van der Waals surface area contributed by atoms with Crippen LogP contribution in [0.4, 0.5) is 23.8 Å². The number of halogens is 3. The average Bonchev–Trinajstić information content (AvgIpc) is 2.43. The van der Waals surface area contributed by atoms with Gasteiger partial charge in [0.25, 0.3) is 0 Å². The van der Waals surface area contributed by atoms with E-state index >= 15 is 0 Å². The van der Waals surface area contributed by atoms with E-state index < -0.39 is 41.5 Å². The summed E-state index contributed by atoms with van der Waals surface area (Å²) in [6.45, 7) is 4.99. The predicted molar refractivity (Wildman–Crippen MR) is 83.5 cm³/mol. The van der Waals surface area contributed by atoms with Gasteiger partial charge in [-0.25, -0.2) is 9.78 Å². The van der Waals surface area contributed by atoms with E-state index in [4.69, 9.17) is 10.5 Å². The number of nitrogens with one attached hydrogen (secondary N) is 1. The molecule has 0 bridgehead atoms. The topological polar surface area (TPSA) is 118 Å². The van der Waals surface area contributed by atoms with Gasteiger partial charge in [0.15, 0.2) is 0 Å². The van der Waals surface area contributed by atoms with Crippen LogP contribution in [0.5, 0.6) is 0 Å². The molecule has 1 aromatic rings. The molecule has 25 heavy (non-hydrogen) atoms. The molecule has 0 aromatic carbocycles. The third kappa shape index (κ3) is 6.75. The van der Waals surface area contributed by atoms with Gasteiger partial charge in [-0.2, -0.15) is 13.2 Å². The normalized spacial score (nSPS) is 14.7. The number of aliphatic hydroxyl groups excluding tert-OH is 2. The Bertz CT molecular complexity index is 603. The molecule has 0 aliphatic rings. The van der Waals surface area contributed by atoms with Crippen LogP contribution in [0.25, 0.3) is 0 Å². The van der Waals surface area contributed by atoms with Crippen LogP contribution >= 0.6 is 0 Å². The molecule has 0 fully saturated rings. The van der Waals surface area contributed by atoms with Crippen LogP contribution in [0.2, 0.25) is 0 Å². The van der Waals surface area contributed by atoms with Crippen molar-refractivity contribution in [3.05, 3.63) is 23.4 Å². The summed E-state index contributed by atoms with van der Waals surface area (Å²) in [5, 5.41) is 22.3. The number of pyridine rings is 1. The van der Waals surface area contributed by atoms with Gasteiger partial charge in [-0.05, 0) is 33.3 Å². The molecule has 5 N–H and O–H groups in total. The summed E-state index contributed by atoms with van der Waals surface area (Å²) in [6, 6.07) is 0.636. The number of carbonyl (C=O) groups is 1. The van der Waals surface area contributed by atoms with Crippen molar-refractivity contribution in [1.29, 1.82) is 0 Å². The zero-order valence-electron chi connectivity index (χ0n) is 14.1. The molecule has 0 radical (unpaired) electrons. The fourth-order valence-corrected chi connectivity index (χ4v) is 1.90. The van der Waals surface area contributed by atoms with Gasteiger partial charge in [-0.15, -0.1) is 0 Å². The molecule has 0 aliphatic carbocycles. The highest BCUT2D eigenvalue weighted by Gasteiger charge is 2.35. The smallest absolute Gasteiger partial charge is 0.419 e. The van der Waals surface area contributed by atoms with Gasteiger partial charge in [0.1, 0.15) is 17.5 Å². The van der Waals surface area contributed by atoms with E-state index in [1.54, 1.807) is 20.8 Å². The maximum atomic E-state index is 12.8. The molecular weight excluding hydrogens is 343 g/mol. The summed E-state index contributed by atoms with van der Waals surface area (Å²) in [4.78, 5) is 14.8. The molecule has 1 rings (SSSR count). The van der Waals surface area contributed by atoms with Crippen molar-refractivity contribution >= 4 is 11.9 Å². The average molecular weight is 365 g/mol. The quantitative estimate of drug-likeness (QED) is 0.634. The minimum absolute atomic E-state index is 0.0400. The molecule has 142 valence electrons. The lowest BCUT2D eigenvalue weighted by atomic mass is 10.0. The molecule has 0 spiro atoms. The van der Waals surface area contributed by atoms with Gasteiger partial charge in [0.2, 0.25) is 0 Å². The van der Waals surface area contributed by atoms with Gasteiger partial charge < -0.3 is 26.0 Å². The van der Waals surface area contributed by atoms with Crippen LogP contribution < -0.4 is 11.1 Å². The molecule has 2 unspecified atom stereocenters. The number of alkyl carbamates (subject to hydrolysis) is 1. The van der Waals surface area contributed by atoms with Crippen molar-refractivity contribution in [2.75, 3.05) is 12.3 Å². The van der Waals surface area contributed by atoms with Gasteiger partial charge in [0.05, 0.1) is 11.7 Å². The van der Waals surface area contributed by atoms with E-state index in [2.05, 4.69) is 10.3 Å². The van der Waals surface area contributed by atoms with Crippen LogP contribution in [-0.4, -0.2) is 39.5 Å².